The third-order valence-electron chi connectivity index (χ3n) is 4.93. The molecule has 0 unspecified atom stereocenters. The highest BCUT2D eigenvalue weighted by molar-refractivity contribution is 7.17. The van der Waals surface area contributed by atoms with E-state index in [1.54, 1.807) is 13.0 Å². The van der Waals surface area contributed by atoms with Crippen molar-refractivity contribution in [2.24, 2.45) is 0 Å². The first kappa shape index (κ1) is 22.5. The molecule has 4 rings (SSSR count). The minimum atomic E-state index is -0.490. The predicted molar refractivity (Wildman–Crippen MR) is 125 cm³/mol. The quantitative estimate of drug-likeness (QED) is 0.420. The number of nitrogens with one attached hydrogen (secondary N) is 1. The fourth-order valence-electron chi connectivity index (χ4n) is 3.35. The van der Waals surface area contributed by atoms with Crippen LogP contribution in [0.5, 0.6) is 11.5 Å². The van der Waals surface area contributed by atoms with Gasteiger partial charge in [0, 0.05) is 16.3 Å². The van der Waals surface area contributed by atoms with Gasteiger partial charge in [-0.05, 0) is 55.3 Å². The molecule has 0 saturated carbocycles. The number of ether oxygens (including phenoxy) is 3. The lowest BCUT2D eigenvalue weighted by Gasteiger charge is -2.08. The summed E-state index contributed by atoms with van der Waals surface area (Å²) >= 11 is 13.4. The van der Waals surface area contributed by atoms with Crippen LogP contribution in [0.25, 0.3) is 0 Å². The normalized spacial score (nSPS) is 12.0. The lowest BCUT2D eigenvalue weighted by molar-refractivity contribution is 0.0527. The summed E-state index contributed by atoms with van der Waals surface area (Å²) in [5.74, 6) is 0.466. The van der Waals surface area contributed by atoms with Gasteiger partial charge in [0.05, 0.1) is 22.8 Å². The number of anilines is 1. The van der Waals surface area contributed by atoms with Crippen LogP contribution >= 0.6 is 34.5 Å². The third-order valence-corrected chi connectivity index (χ3v) is 6.68. The molecule has 1 aromatic heterocycles. The molecule has 166 valence electrons. The lowest BCUT2D eigenvalue weighted by Crippen LogP contribution is -2.15. The Bertz CT molecular complexity index is 1210. The highest BCUT2D eigenvalue weighted by Crippen LogP contribution is 2.38. The summed E-state index contributed by atoms with van der Waals surface area (Å²) in [5, 5.41) is 3.88. The van der Waals surface area contributed by atoms with E-state index in [2.05, 4.69) is 5.32 Å². The van der Waals surface area contributed by atoms with Gasteiger partial charge in [-0.2, -0.15) is 0 Å². The summed E-state index contributed by atoms with van der Waals surface area (Å²) in [4.78, 5) is 26.5. The molecule has 0 atom stereocenters. The lowest BCUT2D eigenvalue weighted by atomic mass is 10.1. The molecule has 0 fully saturated rings. The maximum Gasteiger partial charge on any atom is 0.341 e. The van der Waals surface area contributed by atoms with Gasteiger partial charge >= 0.3 is 5.97 Å². The van der Waals surface area contributed by atoms with E-state index in [4.69, 9.17) is 37.4 Å². The maximum atomic E-state index is 12.9. The number of carbonyl (C=O) groups is 2. The van der Waals surface area contributed by atoms with Gasteiger partial charge in [0.2, 0.25) is 6.79 Å². The predicted octanol–water partition coefficient (Wildman–Crippen LogP) is 6.11. The average molecular weight is 492 g/mol. The Kier molecular flexibility index (Phi) is 6.60. The second-order valence-corrected chi connectivity index (χ2v) is 8.97. The topological polar surface area (TPSA) is 73.9 Å². The van der Waals surface area contributed by atoms with E-state index in [9.17, 15) is 9.59 Å². The average Bonchev–Trinajstić information content (AvgIpc) is 3.32. The summed E-state index contributed by atoms with van der Waals surface area (Å²) < 4.78 is 16.1. The molecule has 0 aliphatic carbocycles. The highest BCUT2D eigenvalue weighted by Gasteiger charge is 2.25. The Morgan fingerprint density at radius 1 is 1.12 bits per heavy atom. The Morgan fingerprint density at radius 2 is 1.91 bits per heavy atom. The number of amides is 1. The smallest absolute Gasteiger partial charge is 0.341 e. The first-order valence-electron chi connectivity index (χ1n) is 9.81. The molecule has 2 heterocycles. The van der Waals surface area contributed by atoms with Crippen molar-refractivity contribution in [2.45, 2.75) is 20.3 Å². The molecule has 0 radical (unpaired) electrons. The molecule has 1 aliphatic rings. The summed E-state index contributed by atoms with van der Waals surface area (Å²) in [6, 6.07) is 10.3. The van der Waals surface area contributed by atoms with Crippen LogP contribution < -0.4 is 14.8 Å². The van der Waals surface area contributed by atoms with Gasteiger partial charge in [-0.15, -0.1) is 11.3 Å². The second-order valence-electron chi connectivity index (χ2n) is 7.02. The van der Waals surface area contributed by atoms with Gasteiger partial charge in [-0.1, -0.05) is 29.3 Å². The van der Waals surface area contributed by atoms with E-state index < -0.39 is 11.9 Å². The number of carbonyl (C=O) groups excluding carboxylic acids is 2. The Labute approximate surface area is 199 Å². The van der Waals surface area contributed by atoms with E-state index >= 15 is 0 Å². The minimum Gasteiger partial charge on any atom is -0.462 e. The van der Waals surface area contributed by atoms with Crippen LogP contribution in [0.1, 0.15) is 43.6 Å². The van der Waals surface area contributed by atoms with E-state index in [-0.39, 0.29) is 24.0 Å². The van der Waals surface area contributed by atoms with E-state index in [1.807, 2.05) is 25.1 Å². The molecule has 0 spiro atoms. The molecule has 0 saturated heterocycles. The van der Waals surface area contributed by atoms with Crippen LogP contribution in [0.15, 0.2) is 36.4 Å². The molecule has 1 N–H and O–H groups in total. The molecule has 1 amide bonds. The largest absolute Gasteiger partial charge is 0.462 e. The number of halogens is 2. The summed E-state index contributed by atoms with van der Waals surface area (Å²) in [6.45, 7) is 4.00. The molecule has 3 aromatic rings. The van der Waals surface area contributed by atoms with Crippen LogP contribution in [0.3, 0.4) is 0 Å². The summed E-state index contributed by atoms with van der Waals surface area (Å²) in [7, 11) is 0. The summed E-state index contributed by atoms with van der Waals surface area (Å²) in [5.41, 5.74) is 2.34. The number of rotatable bonds is 6. The first-order valence-corrected chi connectivity index (χ1v) is 11.4. The van der Waals surface area contributed by atoms with E-state index in [0.717, 1.165) is 16.0 Å². The number of fused-ring (bicyclic) bond motifs is 1. The van der Waals surface area contributed by atoms with Gasteiger partial charge in [-0.3, -0.25) is 4.79 Å². The minimum absolute atomic E-state index is 0.202. The van der Waals surface area contributed by atoms with Crippen LogP contribution in [0.4, 0.5) is 5.00 Å². The summed E-state index contributed by atoms with van der Waals surface area (Å²) in [6.07, 6.45) is 0.553. The zero-order chi connectivity index (χ0) is 22.8. The molecular weight excluding hydrogens is 473 g/mol. The molecule has 32 heavy (non-hydrogen) atoms. The number of esters is 1. The first-order chi connectivity index (χ1) is 15.4. The van der Waals surface area contributed by atoms with Crippen molar-refractivity contribution in [2.75, 3.05) is 18.7 Å². The van der Waals surface area contributed by atoms with Crippen LogP contribution in [0.2, 0.25) is 10.0 Å². The van der Waals surface area contributed by atoms with Crippen LogP contribution in [0, 0.1) is 6.92 Å². The molecule has 9 heteroatoms. The Morgan fingerprint density at radius 3 is 2.66 bits per heavy atom. The molecular formula is C23H19Cl2NO5S. The van der Waals surface area contributed by atoms with E-state index in [0.29, 0.717) is 33.5 Å². The molecule has 1 aliphatic heterocycles. The highest BCUT2D eigenvalue weighted by atomic mass is 35.5. The van der Waals surface area contributed by atoms with Crippen molar-refractivity contribution in [3.05, 3.63) is 73.6 Å². The fraction of sp³-hybridized carbons (Fsp3) is 0.217. The Hall–Kier alpha value is -2.74. The maximum absolute atomic E-state index is 12.9. The van der Waals surface area contributed by atoms with Crippen molar-refractivity contribution in [3.8, 4) is 11.5 Å². The standard InChI is InChI=1S/C23H19Cl2NO5S/c1-3-29-23(28)20-12(2)19(9-13-4-7-17-18(8-13)31-11-30-17)32-22(20)26-21(27)15-6-5-14(24)10-16(15)25/h4-8,10H,3,9,11H2,1-2H3,(H,26,27). The van der Waals surface area contributed by atoms with Gasteiger partial charge < -0.3 is 19.5 Å². The molecule has 6 nitrogen and oxygen atoms in total. The SMILES string of the molecule is CCOC(=O)c1c(NC(=O)c2ccc(Cl)cc2Cl)sc(Cc2ccc3c(c2)OCO3)c1C. The van der Waals surface area contributed by atoms with Crippen molar-refractivity contribution in [1.29, 1.82) is 0 Å². The van der Waals surface area contributed by atoms with Gasteiger partial charge in [0.15, 0.2) is 11.5 Å². The number of benzene rings is 2. The van der Waals surface area contributed by atoms with Crippen LogP contribution in [-0.2, 0) is 11.2 Å². The van der Waals surface area contributed by atoms with Gasteiger partial charge in [0.25, 0.3) is 5.91 Å². The van der Waals surface area contributed by atoms with E-state index in [1.165, 1.54) is 23.5 Å². The molecule has 0 bridgehead atoms. The van der Waals surface area contributed by atoms with Crippen molar-refractivity contribution < 1.29 is 23.8 Å². The Balaban J connectivity index is 1.66. The third kappa shape index (κ3) is 4.55. The number of thiophene rings is 1. The van der Waals surface area contributed by atoms with Crippen molar-refractivity contribution in [1.82, 2.24) is 0 Å². The number of hydrogen-bond acceptors (Lipinski definition) is 6. The second kappa shape index (κ2) is 9.40. The van der Waals surface area contributed by atoms with Crippen molar-refractivity contribution in [3.63, 3.8) is 0 Å². The zero-order valence-electron chi connectivity index (χ0n) is 17.3. The van der Waals surface area contributed by atoms with Gasteiger partial charge in [0.1, 0.15) is 5.00 Å². The van der Waals surface area contributed by atoms with Crippen molar-refractivity contribution >= 4 is 51.4 Å². The van der Waals surface area contributed by atoms with Crippen LogP contribution in [-0.4, -0.2) is 25.3 Å². The fourth-order valence-corrected chi connectivity index (χ4v) is 5.06. The number of hydrogen-bond donors (Lipinski definition) is 1. The zero-order valence-corrected chi connectivity index (χ0v) is 19.6. The van der Waals surface area contributed by atoms with Gasteiger partial charge in [-0.25, -0.2) is 4.79 Å². The monoisotopic (exact) mass is 491 g/mol. The molecule has 2 aromatic carbocycles.